The van der Waals surface area contributed by atoms with Gasteiger partial charge in [-0.25, -0.2) is 0 Å². The highest BCUT2D eigenvalue weighted by Gasteiger charge is 2.04. The van der Waals surface area contributed by atoms with Crippen LogP contribution in [0.1, 0.15) is 5.56 Å². The van der Waals surface area contributed by atoms with Crippen molar-refractivity contribution in [1.82, 2.24) is 5.32 Å². The third-order valence-electron chi connectivity index (χ3n) is 1.90. The third-order valence-corrected chi connectivity index (χ3v) is 1.90. The molecular weight excluding hydrogens is 192 g/mol. The molecule has 1 aromatic carbocycles. The largest absolute Gasteiger partial charge is 0.493 e. The summed E-state index contributed by atoms with van der Waals surface area (Å²) in [6, 6.07) is 7.16. The minimum absolute atomic E-state index is 0.543. The van der Waals surface area contributed by atoms with Gasteiger partial charge in [0.1, 0.15) is 6.61 Å². The standard InChI is InChI=1S/C11H14N2O2/c1-13-5-6-15-11-7-9(8-12)3-4-10(11)14-2/h3-4,7,13H,5-6H2,1-2H3. The Labute approximate surface area is 89.4 Å². The first kappa shape index (κ1) is 11.3. The predicted octanol–water partition coefficient (Wildman–Crippen LogP) is 1.17. The number of nitrogens with one attached hydrogen (secondary N) is 1. The molecule has 0 aliphatic heterocycles. The number of hydrogen-bond donors (Lipinski definition) is 1. The molecule has 1 N–H and O–H groups in total. The summed E-state index contributed by atoms with van der Waals surface area (Å²) in [5.41, 5.74) is 0.565. The Morgan fingerprint density at radius 2 is 2.20 bits per heavy atom. The van der Waals surface area contributed by atoms with Crippen molar-refractivity contribution in [1.29, 1.82) is 5.26 Å². The van der Waals surface area contributed by atoms with E-state index in [1.54, 1.807) is 25.3 Å². The van der Waals surface area contributed by atoms with E-state index >= 15 is 0 Å². The van der Waals surface area contributed by atoms with Gasteiger partial charge in [0.25, 0.3) is 0 Å². The lowest BCUT2D eigenvalue weighted by atomic mass is 10.2. The minimum atomic E-state index is 0.543. The molecule has 0 bridgehead atoms. The first-order valence-corrected chi connectivity index (χ1v) is 4.67. The summed E-state index contributed by atoms with van der Waals surface area (Å²) >= 11 is 0. The fourth-order valence-electron chi connectivity index (χ4n) is 1.12. The fourth-order valence-corrected chi connectivity index (χ4v) is 1.12. The Kier molecular flexibility index (Phi) is 4.45. The summed E-state index contributed by atoms with van der Waals surface area (Å²) in [6.45, 7) is 1.29. The molecule has 4 heteroatoms. The third kappa shape index (κ3) is 3.15. The highest BCUT2D eigenvalue weighted by molar-refractivity contribution is 5.46. The van der Waals surface area contributed by atoms with Crippen molar-refractivity contribution in [3.05, 3.63) is 23.8 Å². The summed E-state index contributed by atoms with van der Waals surface area (Å²) in [5.74, 6) is 1.25. The number of benzene rings is 1. The lowest BCUT2D eigenvalue weighted by Gasteiger charge is -2.10. The van der Waals surface area contributed by atoms with Gasteiger partial charge in [-0.1, -0.05) is 0 Å². The highest BCUT2D eigenvalue weighted by atomic mass is 16.5. The number of methoxy groups -OCH3 is 1. The summed E-state index contributed by atoms with van der Waals surface area (Å²) in [5, 5.41) is 11.7. The molecule has 80 valence electrons. The van der Waals surface area contributed by atoms with Crippen LogP contribution in [0.4, 0.5) is 0 Å². The second-order valence-electron chi connectivity index (χ2n) is 2.93. The van der Waals surface area contributed by atoms with Crippen molar-refractivity contribution in [3.8, 4) is 17.6 Å². The van der Waals surface area contributed by atoms with Gasteiger partial charge in [-0.15, -0.1) is 0 Å². The van der Waals surface area contributed by atoms with E-state index in [2.05, 4.69) is 11.4 Å². The molecule has 4 nitrogen and oxygen atoms in total. The van der Waals surface area contributed by atoms with Crippen molar-refractivity contribution in [3.63, 3.8) is 0 Å². The van der Waals surface area contributed by atoms with Crippen LogP contribution in [0.2, 0.25) is 0 Å². The number of rotatable bonds is 5. The van der Waals surface area contributed by atoms with Crippen molar-refractivity contribution in [2.45, 2.75) is 0 Å². The molecule has 0 saturated heterocycles. The average molecular weight is 206 g/mol. The topological polar surface area (TPSA) is 54.3 Å². The second-order valence-corrected chi connectivity index (χ2v) is 2.93. The summed E-state index contributed by atoms with van der Waals surface area (Å²) in [7, 11) is 3.43. The second kappa shape index (κ2) is 5.89. The van der Waals surface area contributed by atoms with Crippen LogP contribution >= 0.6 is 0 Å². The maximum atomic E-state index is 8.74. The molecule has 0 radical (unpaired) electrons. The molecule has 0 fully saturated rings. The van der Waals surface area contributed by atoms with Crippen LogP contribution in [0.5, 0.6) is 11.5 Å². The quantitative estimate of drug-likeness (QED) is 0.735. The van der Waals surface area contributed by atoms with E-state index in [-0.39, 0.29) is 0 Å². The molecule has 0 amide bonds. The molecule has 0 unspecified atom stereocenters. The molecule has 15 heavy (non-hydrogen) atoms. The number of likely N-dealkylation sites (N-methyl/N-ethyl adjacent to an activating group) is 1. The SMILES string of the molecule is CNCCOc1cc(C#N)ccc1OC. The van der Waals surface area contributed by atoms with Crippen LogP contribution < -0.4 is 14.8 Å². The van der Waals surface area contributed by atoms with E-state index in [9.17, 15) is 0 Å². The zero-order chi connectivity index (χ0) is 11.1. The van der Waals surface area contributed by atoms with Gasteiger partial charge in [0.15, 0.2) is 11.5 Å². The Morgan fingerprint density at radius 1 is 1.40 bits per heavy atom. The zero-order valence-corrected chi connectivity index (χ0v) is 8.91. The van der Waals surface area contributed by atoms with E-state index in [1.165, 1.54) is 0 Å². The normalized spacial score (nSPS) is 9.40. The van der Waals surface area contributed by atoms with Crippen LogP contribution in [0.15, 0.2) is 18.2 Å². The van der Waals surface area contributed by atoms with E-state index in [0.717, 1.165) is 6.54 Å². The molecule has 0 aliphatic rings. The molecule has 0 aromatic heterocycles. The van der Waals surface area contributed by atoms with Crippen molar-refractivity contribution in [2.24, 2.45) is 0 Å². The zero-order valence-electron chi connectivity index (χ0n) is 8.91. The molecular formula is C11H14N2O2. The summed E-state index contributed by atoms with van der Waals surface area (Å²) in [4.78, 5) is 0. The monoisotopic (exact) mass is 206 g/mol. The van der Waals surface area contributed by atoms with Crippen LogP contribution in [0.3, 0.4) is 0 Å². The smallest absolute Gasteiger partial charge is 0.162 e. The molecule has 1 aromatic rings. The lowest BCUT2D eigenvalue weighted by molar-refractivity contribution is 0.295. The molecule has 0 aliphatic carbocycles. The number of nitriles is 1. The van der Waals surface area contributed by atoms with Crippen molar-refractivity contribution < 1.29 is 9.47 Å². The van der Waals surface area contributed by atoms with E-state index in [1.807, 2.05) is 7.05 Å². The maximum Gasteiger partial charge on any atom is 0.162 e. The fraction of sp³-hybridized carbons (Fsp3) is 0.364. The van der Waals surface area contributed by atoms with Gasteiger partial charge in [-0.2, -0.15) is 5.26 Å². The van der Waals surface area contributed by atoms with Gasteiger partial charge in [0.2, 0.25) is 0 Å². The van der Waals surface area contributed by atoms with Gasteiger partial charge in [-0.05, 0) is 19.2 Å². The van der Waals surface area contributed by atoms with Crippen molar-refractivity contribution in [2.75, 3.05) is 27.3 Å². The number of nitrogens with zero attached hydrogens (tertiary/aromatic N) is 1. The average Bonchev–Trinajstić information content (AvgIpc) is 2.29. The van der Waals surface area contributed by atoms with Crippen LogP contribution in [0, 0.1) is 11.3 Å². The first-order chi connectivity index (χ1) is 7.31. The van der Waals surface area contributed by atoms with Crippen LogP contribution in [-0.4, -0.2) is 27.3 Å². The van der Waals surface area contributed by atoms with E-state index < -0.39 is 0 Å². The number of hydrogen-bond acceptors (Lipinski definition) is 4. The molecule has 0 atom stereocenters. The Bertz CT molecular complexity index is 358. The van der Waals surface area contributed by atoms with Gasteiger partial charge >= 0.3 is 0 Å². The number of ether oxygens (including phenoxy) is 2. The van der Waals surface area contributed by atoms with Gasteiger partial charge in [-0.3, -0.25) is 0 Å². The minimum Gasteiger partial charge on any atom is -0.493 e. The van der Waals surface area contributed by atoms with E-state index in [4.69, 9.17) is 14.7 Å². The highest BCUT2D eigenvalue weighted by Crippen LogP contribution is 2.27. The van der Waals surface area contributed by atoms with Crippen molar-refractivity contribution >= 4 is 0 Å². The van der Waals surface area contributed by atoms with Gasteiger partial charge in [0, 0.05) is 12.6 Å². The molecule has 0 saturated carbocycles. The first-order valence-electron chi connectivity index (χ1n) is 4.67. The lowest BCUT2D eigenvalue weighted by Crippen LogP contribution is -2.16. The van der Waals surface area contributed by atoms with Gasteiger partial charge < -0.3 is 14.8 Å². The summed E-state index contributed by atoms with van der Waals surface area (Å²) in [6.07, 6.45) is 0. The Morgan fingerprint density at radius 3 is 2.80 bits per heavy atom. The Balaban J connectivity index is 2.78. The molecule has 0 spiro atoms. The van der Waals surface area contributed by atoms with E-state index in [0.29, 0.717) is 23.7 Å². The van der Waals surface area contributed by atoms with Crippen LogP contribution in [0.25, 0.3) is 0 Å². The summed E-state index contributed by atoms with van der Waals surface area (Å²) < 4.78 is 10.6. The van der Waals surface area contributed by atoms with Crippen LogP contribution in [-0.2, 0) is 0 Å². The maximum absolute atomic E-state index is 8.74. The predicted molar refractivity (Wildman–Crippen MR) is 57.1 cm³/mol. The Hall–Kier alpha value is -1.73. The van der Waals surface area contributed by atoms with Gasteiger partial charge in [0.05, 0.1) is 18.7 Å². The molecule has 0 heterocycles. The molecule has 1 rings (SSSR count).